The summed E-state index contributed by atoms with van der Waals surface area (Å²) in [6.07, 6.45) is 4.67. The molecule has 5 rings (SSSR count). The van der Waals surface area contributed by atoms with Crippen molar-refractivity contribution in [2.45, 2.75) is 37.5 Å². The van der Waals surface area contributed by atoms with Crippen LogP contribution in [-0.4, -0.2) is 42.9 Å². The molecular weight excluding hydrogens is 469 g/mol. The van der Waals surface area contributed by atoms with E-state index >= 15 is 0 Å². The van der Waals surface area contributed by atoms with Crippen LogP contribution in [-0.2, 0) is 19.0 Å². The number of esters is 1. The highest BCUT2D eigenvalue weighted by atomic mass is 35.5. The standard InChI is InChI=1S/C23H23ClFN3O4S/c1-30-22(29)17-18(13-4-6-23(7-5-13)31-9-10-32-23)27-20(21-26-8-11-33-21)28-19(17)15-3-2-14(25)12-16(15)24/h2-3,8,11-13,19H,4-7,9-10H2,1H3,(H,27,28). The van der Waals surface area contributed by atoms with Gasteiger partial charge in [-0.15, -0.1) is 11.3 Å². The zero-order chi connectivity index (χ0) is 23.0. The van der Waals surface area contributed by atoms with Crippen molar-refractivity contribution in [2.24, 2.45) is 10.9 Å². The van der Waals surface area contributed by atoms with Crippen LogP contribution in [0.25, 0.3) is 0 Å². The molecule has 3 heterocycles. The first-order chi connectivity index (χ1) is 16.0. The Bertz CT molecular complexity index is 1100. The van der Waals surface area contributed by atoms with Crippen molar-refractivity contribution in [3.63, 3.8) is 0 Å². The van der Waals surface area contributed by atoms with Crippen LogP contribution in [0, 0.1) is 11.7 Å². The second kappa shape index (κ2) is 9.13. The van der Waals surface area contributed by atoms with Crippen LogP contribution >= 0.6 is 22.9 Å². The van der Waals surface area contributed by atoms with E-state index in [0.29, 0.717) is 35.2 Å². The lowest BCUT2D eigenvalue weighted by molar-refractivity contribution is -0.181. The summed E-state index contributed by atoms with van der Waals surface area (Å²) in [6, 6.07) is 3.35. The lowest BCUT2D eigenvalue weighted by atomic mass is 9.80. The Morgan fingerprint density at radius 1 is 1.30 bits per heavy atom. The molecule has 174 valence electrons. The van der Waals surface area contributed by atoms with E-state index < -0.39 is 23.6 Å². The third-order valence-electron chi connectivity index (χ3n) is 6.34. The maximum atomic E-state index is 13.8. The summed E-state index contributed by atoms with van der Waals surface area (Å²) in [4.78, 5) is 22.2. The van der Waals surface area contributed by atoms with E-state index in [0.717, 1.165) is 31.4 Å². The molecule has 1 spiro atoms. The van der Waals surface area contributed by atoms with Gasteiger partial charge in [-0.1, -0.05) is 17.7 Å². The number of carbonyl (C=O) groups excluding carboxylic acids is 1. The predicted octanol–water partition coefficient (Wildman–Crippen LogP) is 4.39. The van der Waals surface area contributed by atoms with E-state index in [1.807, 2.05) is 5.38 Å². The number of hydrogen-bond acceptors (Lipinski definition) is 8. The lowest BCUT2D eigenvalue weighted by Gasteiger charge is -2.38. The van der Waals surface area contributed by atoms with Crippen LogP contribution in [0.5, 0.6) is 0 Å². The summed E-state index contributed by atoms with van der Waals surface area (Å²) in [6.45, 7) is 1.20. The Balaban J connectivity index is 1.58. The first kappa shape index (κ1) is 22.5. The molecule has 1 atom stereocenters. The minimum absolute atomic E-state index is 0.0321. The average molecular weight is 492 g/mol. The van der Waals surface area contributed by atoms with Gasteiger partial charge in [-0.05, 0) is 25.0 Å². The van der Waals surface area contributed by atoms with Gasteiger partial charge in [0.25, 0.3) is 0 Å². The molecular formula is C23H23ClFN3O4S. The molecule has 2 aliphatic heterocycles. The monoisotopic (exact) mass is 491 g/mol. The minimum atomic E-state index is -0.754. The molecule has 33 heavy (non-hydrogen) atoms. The van der Waals surface area contributed by atoms with Crippen molar-refractivity contribution in [3.8, 4) is 0 Å². The van der Waals surface area contributed by atoms with Gasteiger partial charge in [0.05, 0.1) is 25.9 Å². The number of benzene rings is 1. The Morgan fingerprint density at radius 3 is 2.70 bits per heavy atom. The van der Waals surface area contributed by atoms with Gasteiger partial charge in [0.15, 0.2) is 16.6 Å². The van der Waals surface area contributed by atoms with Gasteiger partial charge in [-0.3, -0.25) is 4.99 Å². The van der Waals surface area contributed by atoms with Gasteiger partial charge in [-0.2, -0.15) is 0 Å². The summed E-state index contributed by atoms with van der Waals surface area (Å²) in [5.41, 5.74) is 1.64. The maximum absolute atomic E-state index is 13.8. The Kier molecular flexibility index (Phi) is 6.22. The van der Waals surface area contributed by atoms with Crippen LogP contribution < -0.4 is 5.32 Å². The lowest BCUT2D eigenvalue weighted by Crippen LogP contribution is -2.41. The summed E-state index contributed by atoms with van der Waals surface area (Å²) in [7, 11) is 1.34. The summed E-state index contributed by atoms with van der Waals surface area (Å²) in [5.74, 6) is -0.905. The van der Waals surface area contributed by atoms with Gasteiger partial charge in [-0.25, -0.2) is 14.2 Å². The van der Waals surface area contributed by atoms with E-state index in [4.69, 9.17) is 30.8 Å². The largest absolute Gasteiger partial charge is 0.466 e. The number of carbonyl (C=O) groups is 1. The molecule has 2 aromatic rings. The average Bonchev–Trinajstić information content (AvgIpc) is 3.51. The number of hydrogen-bond donors (Lipinski definition) is 1. The number of methoxy groups -OCH3 is 1. The molecule has 3 aliphatic rings. The fraction of sp³-hybridized carbons (Fsp3) is 0.435. The summed E-state index contributed by atoms with van der Waals surface area (Å²) >= 11 is 7.85. The number of nitrogens with zero attached hydrogens (tertiary/aromatic N) is 2. The molecule has 1 N–H and O–H groups in total. The van der Waals surface area contributed by atoms with Gasteiger partial charge in [0, 0.05) is 46.6 Å². The Morgan fingerprint density at radius 2 is 2.06 bits per heavy atom. The molecule has 1 aromatic heterocycles. The third kappa shape index (κ3) is 4.30. The van der Waals surface area contributed by atoms with Crippen molar-refractivity contribution >= 4 is 34.7 Å². The number of halogens is 2. The molecule has 1 aromatic carbocycles. The molecule has 0 radical (unpaired) electrons. The van der Waals surface area contributed by atoms with E-state index in [1.54, 1.807) is 12.3 Å². The quantitative estimate of drug-likeness (QED) is 0.639. The molecule has 0 bridgehead atoms. The van der Waals surface area contributed by atoms with Gasteiger partial charge >= 0.3 is 5.97 Å². The SMILES string of the molecule is COC(=O)C1=C(C2CCC3(CC2)OCCO3)NC(c2nccs2)=NC1c1ccc(F)cc1Cl. The smallest absolute Gasteiger partial charge is 0.338 e. The number of nitrogens with one attached hydrogen (secondary N) is 1. The number of aliphatic imine (C=N–C) groups is 1. The Labute approximate surface area is 199 Å². The second-order valence-corrected chi connectivity index (χ2v) is 9.51. The van der Waals surface area contributed by atoms with Gasteiger partial charge < -0.3 is 19.5 Å². The number of amidine groups is 1. The highest BCUT2D eigenvalue weighted by molar-refractivity contribution is 7.11. The molecule has 1 saturated heterocycles. The summed E-state index contributed by atoms with van der Waals surface area (Å²) in [5, 5.41) is 6.12. The molecule has 2 fully saturated rings. The number of ether oxygens (including phenoxy) is 3. The fourth-order valence-electron chi connectivity index (χ4n) is 4.75. The van der Waals surface area contributed by atoms with Crippen LogP contribution in [0.1, 0.15) is 42.3 Å². The predicted molar refractivity (Wildman–Crippen MR) is 122 cm³/mol. The first-order valence-electron chi connectivity index (χ1n) is 10.8. The van der Waals surface area contributed by atoms with Crippen LogP contribution in [0.2, 0.25) is 5.02 Å². The van der Waals surface area contributed by atoms with Gasteiger partial charge in [0.2, 0.25) is 0 Å². The zero-order valence-electron chi connectivity index (χ0n) is 18.0. The topological polar surface area (TPSA) is 82.0 Å². The van der Waals surface area contributed by atoms with Crippen molar-refractivity contribution in [3.05, 3.63) is 62.5 Å². The van der Waals surface area contributed by atoms with Crippen molar-refractivity contribution < 1.29 is 23.4 Å². The number of aromatic nitrogens is 1. The molecule has 10 heteroatoms. The first-order valence-corrected chi connectivity index (χ1v) is 12.1. The van der Waals surface area contributed by atoms with E-state index in [1.165, 1.54) is 30.6 Å². The van der Waals surface area contributed by atoms with Crippen LogP contribution in [0.15, 0.2) is 46.0 Å². The summed E-state index contributed by atoms with van der Waals surface area (Å²) < 4.78 is 30.7. The van der Waals surface area contributed by atoms with E-state index in [2.05, 4.69) is 10.3 Å². The normalized spacial score (nSPS) is 22.9. The van der Waals surface area contributed by atoms with Crippen LogP contribution in [0.4, 0.5) is 4.39 Å². The zero-order valence-corrected chi connectivity index (χ0v) is 19.5. The molecule has 7 nitrogen and oxygen atoms in total. The number of rotatable bonds is 4. The van der Waals surface area contributed by atoms with Crippen molar-refractivity contribution in [2.75, 3.05) is 20.3 Å². The second-order valence-electron chi connectivity index (χ2n) is 8.21. The number of allylic oxidation sites excluding steroid dienone is 1. The molecule has 0 amide bonds. The van der Waals surface area contributed by atoms with Crippen molar-refractivity contribution in [1.82, 2.24) is 10.3 Å². The number of thiazole rings is 1. The highest BCUT2D eigenvalue weighted by Gasteiger charge is 2.44. The van der Waals surface area contributed by atoms with Gasteiger partial charge in [0.1, 0.15) is 11.9 Å². The maximum Gasteiger partial charge on any atom is 0.338 e. The van der Waals surface area contributed by atoms with Crippen LogP contribution in [0.3, 0.4) is 0 Å². The molecule has 1 aliphatic carbocycles. The van der Waals surface area contributed by atoms with E-state index in [-0.39, 0.29) is 10.9 Å². The van der Waals surface area contributed by atoms with Crippen molar-refractivity contribution in [1.29, 1.82) is 0 Å². The third-order valence-corrected chi connectivity index (χ3v) is 7.45. The fourth-order valence-corrected chi connectivity index (χ4v) is 5.61. The highest BCUT2D eigenvalue weighted by Crippen LogP contribution is 2.44. The van der Waals surface area contributed by atoms with E-state index in [9.17, 15) is 9.18 Å². The molecule has 1 saturated carbocycles. The Hall–Kier alpha value is -2.33. The molecule has 1 unspecified atom stereocenters. The minimum Gasteiger partial charge on any atom is -0.466 e.